The van der Waals surface area contributed by atoms with E-state index < -0.39 is 0 Å². The number of amides is 1. The van der Waals surface area contributed by atoms with Crippen LogP contribution in [0.2, 0.25) is 0 Å². The average molecular weight is 304 g/mol. The number of anilines is 1. The van der Waals surface area contributed by atoms with Crippen LogP contribution in [-0.4, -0.2) is 50.6 Å². The largest absolute Gasteiger partial charge is 0.466 e. The second-order valence-corrected chi connectivity index (χ2v) is 5.78. The smallest absolute Gasteiger partial charge is 0.310 e. The summed E-state index contributed by atoms with van der Waals surface area (Å²) in [4.78, 5) is 28.2. The molecule has 2 rings (SSSR count). The van der Waals surface area contributed by atoms with Crippen LogP contribution in [0.5, 0.6) is 0 Å². The van der Waals surface area contributed by atoms with Crippen LogP contribution in [0.4, 0.5) is 5.69 Å². The molecule has 1 aliphatic heterocycles. The molecule has 1 aromatic carbocycles. The van der Waals surface area contributed by atoms with Crippen molar-refractivity contribution in [2.24, 2.45) is 5.92 Å². The molecule has 22 heavy (non-hydrogen) atoms. The zero-order chi connectivity index (χ0) is 16.1. The first-order chi connectivity index (χ1) is 10.5. The van der Waals surface area contributed by atoms with Crippen molar-refractivity contribution in [3.05, 3.63) is 29.8 Å². The highest BCUT2D eigenvalue weighted by Gasteiger charge is 2.29. The van der Waals surface area contributed by atoms with Gasteiger partial charge in [-0.2, -0.15) is 0 Å². The van der Waals surface area contributed by atoms with E-state index in [-0.39, 0.29) is 17.8 Å². The van der Waals surface area contributed by atoms with Crippen LogP contribution in [0.3, 0.4) is 0 Å². The van der Waals surface area contributed by atoms with E-state index in [1.807, 2.05) is 43.3 Å². The fourth-order valence-electron chi connectivity index (χ4n) is 2.70. The quantitative estimate of drug-likeness (QED) is 0.800. The highest BCUT2D eigenvalue weighted by Crippen LogP contribution is 2.21. The summed E-state index contributed by atoms with van der Waals surface area (Å²) in [6, 6.07) is 7.54. The first-order valence-corrected chi connectivity index (χ1v) is 7.76. The molecule has 5 heteroatoms. The molecule has 0 spiro atoms. The van der Waals surface area contributed by atoms with E-state index in [1.54, 1.807) is 11.8 Å². The molecule has 0 aromatic heterocycles. The molecule has 0 radical (unpaired) electrons. The fourth-order valence-corrected chi connectivity index (χ4v) is 2.70. The van der Waals surface area contributed by atoms with Crippen molar-refractivity contribution in [1.29, 1.82) is 0 Å². The number of carbonyl (C=O) groups is 2. The van der Waals surface area contributed by atoms with Gasteiger partial charge in [0.15, 0.2) is 0 Å². The second kappa shape index (κ2) is 7.29. The lowest BCUT2D eigenvalue weighted by molar-refractivity contribution is -0.149. The van der Waals surface area contributed by atoms with Crippen LogP contribution in [0, 0.1) is 5.92 Å². The molecule has 1 aromatic rings. The van der Waals surface area contributed by atoms with Crippen molar-refractivity contribution >= 4 is 17.6 Å². The van der Waals surface area contributed by atoms with Crippen LogP contribution in [-0.2, 0) is 9.53 Å². The number of benzene rings is 1. The van der Waals surface area contributed by atoms with Gasteiger partial charge in [0, 0.05) is 38.4 Å². The lowest BCUT2D eigenvalue weighted by Crippen LogP contribution is -2.42. The maximum atomic E-state index is 12.6. The summed E-state index contributed by atoms with van der Waals surface area (Å²) in [7, 11) is 3.93. The first kappa shape index (κ1) is 16.3. The van der Waals surface area contributed by atoms with Gasteiger partial charge in [-0.05, 0) is 44.0 Å². The Morgan fingerprint density at radius 2 is 1.95 bits per heavy atom. The van der Waals surface area contributed by atoms with Crippen LogP contribution < -0.4 is 4.90 Å². The molecule has 1 amide bonds. The topological polar surface area (TPSA) is 49.9 Å². The van der Waals surface area contributed by atoms with Gasteiger partial charge >= 0.3 is 5.97 Å². The zero-order valence-corrected chi connectivity index (χ0v) is 13.5. The Morgan fingerprint density at radius 1 is 1.27 bits per heavy atom. The highest BCUT2D eigenvalue weighted by molar-refractivity contribution is 5.95. The predicted molar refractivity (Wildman–Crippen MR) is 86.0 cm³/mol. The van der Waals surface area contributed by atoms with Crippen molar-refractivity contribution in [1.82, 2.24) is 4.90 Å². The summed E-state index contributed by atoms with van der Waals surface area (Å²) < 4.78 is 5.07. The minimum absolute atomic E-state index is 0.0145. The van der Waals surface area contributed by atoms with Crippen molar-refractivity contribution in [2.75, 3.05) is 38.7 Å². The molecule has 1 atom stereocenters. The molecule has 0 N–H and O–H groups in total. The molecular formula is C17H24N2O3. The Hall–Kier alpha value is -2.04. The molecule has 1 heterocycles. The van der Waals surface area contributed by atoms with Crippen LogP contribution >= 0.6 is 0 Å². The number of ether oxygens (including phenoxy) is 1. The van der Waals surface area contributed by atoms with E-state index in [9.17, 15) is 9.59 Å². The summed E-state index contributed by atoms with van der Waals surface area (Å²) >= 11 is 0. The maximum Gasteiger partial charge on any atom is 0.310 e. The molecule has 1 fully saturated rings. The van der Waals surface area contributed by atoms with Gasteiger partial charge in [-0.15, -0.1) is 0 Å². The number of nitrogens with zero attached hydrogens (tertiary/aromatic N) is 2. The van der Waals surface area contributed by atoms with Gasteiger partial charge in [0.25, 0.3) is 5.91 Å². The third-order valence-corrected chi connectivity index (χ3v) is 3.96. The monoisotopic (exact) mass is 304 g/mol. The van der Waals surface area contributed by atoms with Gasteiger partial charge in [-0.1, -0.05) is 0 Å². The standard InChI is InChI=1S/C17H24N2O3/c1-4-22-17(21)14-6-5-11-19(12-14)16(20)13-7-9-15(10-8-13)18(2)3/h7-10,14H,4-6,11-12H2,1-3H3/t14-/m1/s1. The Balaban J connectivity index is 2.03. The van der Waals surface area contributed by atoms with Gasteiger partial charge < -0.3 is 14.5 Å². The molecular weight excluding hydrogens is 280 g/mol. The molecule has 0 saturated carbocycles. The molecule has 0 unspecified atom stereocenters. The summed E-state index contributed by atoms with van der Waals surface area (Å²) in [6.45, 7) is 3.34. The Bertz CT molecular complexity index is 525. The van der Waals surface area contributed by atoms with Gasteiger partial charge in [0.05, 0.1) is 12.5 Å². The van der Waals surface area contributed by atoms with Crippen molar-refractivity contribution in [2.45, 2.75) is 19.8 Å². The molecule has 0 bridgehead atoms. The molecule has 1 aliphatic rings. The van der Waals surface area contributed by atoms with Crippen molar-refractivity contribution in [3.8, 4) is 0 Å². The van der Waals surface area contributed by atoms with Gasteiger partial charge in [0.1, 0.15) is 0 Å². The molecule has 5 nitrogen and oxygen atoms in total. The van der Waals surface area contributed by atoms with Crippen LogP contribution in [0.15, 0.2) is 24.3 Å². The van der Waals surface area contributed by atoms with Crippen molar-refractivity contribution in [3.63, 3.8) is 0 Å². The number of rotatable bonds is 4. The number of hydrogen-bond acceptors (Lipinski definition) is 4. The van der Waals surface area contributed by atoms with E-state index in [4.69, 9.17) is 4.74 Å². The summed E-state index contributed by atoms with van der Waals surface area (Å²) in [6.07, 6.45) is 1.63. The zero-order valence-electron chi connectivity index (χ0n) is 13.5. The van der Waals surface area contributed by atoms with E-state index in [0.29, 0.717) is 25.3 Å². The fraction of sp³-hybridized carbons (Fsp3) is 0.529. The van der Waals surface area contributed by atoms with Gasteiger partial charge in [-0.25, -0.2) is 0 Å². The molecule has 0 aliphatic carbocycles. The van der Waals surface area contributed by atoms with E-state index >= 15 is 0 Å². The Labute approximate surface area is 131 Å². The van der Waals surface area contributed by atoms with Gasteiger partial charge in [-0.3, -0.25) is 9.59 Å². The maximum absolute atomic E-state index is 12.6. The number of likely N-dealkylation sites (tertiary alicyclic amines) is 1. The van der Waals surface area contributed by atoms with E-state index in [0.717, 1.165) is 18.5 Å². The number of piperidine rings is 1. The number of esters is 1. The Kier molecular flexibility index (Phi) is 5.41. The lowest BCUT2D eigenvalue weighted by atomic mass is 9.97. The van der Waals surface area contributed by atoms with Gasteiger partial charge in [0.2, 0.25) is 0 Å². The normalized spacial score (nSPS) is 18.0. The second-order valence-electron chi connectivity index (χ2n) is 5.78. The molecule has 1 saturated heterocycles. The third kappa shape index (κ3) is 3.78. The van der Waals surface area contributed by atoms with E-state index in [2.05, 4.69) is 0 Å². The lowest BCUT2D eigenvalue weighted by Gasteiger charge is -2.31. The predicted octanol–water partition coefficient (Wildman–Crippen LogP) is 2.17. The third-order valence-electron chi connectivity index (χ3n) is 3.96. The Morgan fingerprint density at radius 3 is 2.55 bits per heavy atom. The minimum Gasteiger partial charge on any atom is -0.466 e. The SMILES string of the molecule is CCOC(=O)[C@@H]1CCCN(C(=O)c2ccc(N(C)C)cc2)C1. The summed E-state index contributed by atoms with van der Waals surface area (Å²) in [5.41, 5.74) is 1.72. The number of hydrogen-bond donors (Lipinski definition) is 0. The number of carbonyl (C=O) groups excluding carboxylic acids is 2. The highest BCUT2D eigenvalue weighted by atomic mass is 16.5. The minimum atomic E-state index is -0.196. The summed E-state index contributed by atoms with van der Waals surface area (Å²) in [5, 5.41) is 0. The van der Waals surface area contributed by atoms with Crippen LogP contribution in [0.1, 0.15) is 30.1 Å². The van der Waals surface area contributed by atoms with Crippen molar-refractivity contribution < 1.29 is 14.3 Å². The molecule has 120 valence electrons. The van der Waals surface area contributed by atoms with E-state index in [1.165, 1.54) is 0 Å². The first-order valence-electron chi connectivity index (χ1n) is 7.76. The summed E-state index contributed by atoms with van der Waals surface area (Å²) in [5.74, 6) is -0.402. The van der Waals surface area contributed by atoms with Crippen LogP contribution in [0.25, 0.3) is 0 Å². The average Bonchev–Trinajstić information content (AvgIpc) is 2.54.